The molecule has 0 radical (unpaired) electrons. The van der Waals surface area contributed by atoms with Crippen LogP contribution in [0.15, 0.2) is 48.6 Å². The molecule has 0 aliphatic heterocycles. The molecule has 0 aromatic heterocycles. The average Bonchev–Trinajstić information content (AvgIpc) is 3.45. The molecule has 0 saturated heterocycles. The Balaban J connectivity index is 4.25. The molecule has 79 heavy (non-hydrogen) atoms. The third-order valence-electron chi connectivity index (χ3n) is 15.8. The summed E-state index contributed by atoms with van der Waals surface area (Å²) in [5, 5.41) is 0. The van der Waals surface area contributed by atoms with Gasteiger partial charge in [0.25, 0.3) is 0 Å². The third-order valence-corrected chi connectivity index (χ3v) is 15.8. The number of rotatable bonds is 65. The van der Waals surface area contributed by atoms with Crippen molar-refractivity contribution in [2.45, 2.75) is 386 Å². The first-order chi connectivity index (χ1) is 39.0. The van der Waals surface area contributed by atoms with E-state index in [9.17, 15) is 14.4 Å². The quantitative estimate of drug-likeness (QED) is 0.0261. The van der Waals surface area contributed by atoms with Crippen molar-refractivity contribution in [3.63, 3.8) is 0 Å². The summed E-state index contributed by atoms with van der Waals surface area (Å²) in [5.74, 6) is -0.835. The van der Waals surface area contributed by atoms with E-state index in [2.05, 4.69) is 69.4 Å². The maximum atomic E-state index is 12.9. The zero-order chi connectivity index (χ0) is 57.1. The second-order valence-corrected chi connectivity index (χ2v) is 23.8. The summed E-state index contributed by atoms with van der Waals surface area (Å²) >= 11 is 0. The zero-order valence-corrected chi connectivity index (χ0v) is 53.2. The molecule has 0 spiro atoms. The number of hydrogen-bond acceptors (Lipinski definition) is 6. The van der Waals surface area contributed by atoms with Crippen LogP contribution in [0.1, 0.15) is 380 Å². The van der Waals surface area contributed by atoms with E-state index in [4.69, 9.17) is 14.2 Å². The molecule has 0 fully saturated rings. The molecule has 1 unspecified atom stereocenters. The highest BCUT2D eigenvalue weighted by molar-refractivity contribution is 5.71. The number of allylic oxidation sites excluding steroid dienone is 8. The molecule has 462 valence electrons. The van der Waals surface area contributed by atoms with Gasteiger partial charge in [0.2, 0.25) is 0 Å². The highest BCUT2D eigenvalue weighted by Gasteiger charge is 2.19. The molecular weight excluding hydrogens is 973 g/mol. The molecule has 6 nitrogen and oxygen atoms in total. The standard InChI is InChI=1S/C73H134O6/c1-4-7-10-13-16-19-22-25-28-31-33-34-35-36-37-38-39-40-41-43-45-48-51-54-57-60-63-66-72(75)78-69-70(68-77-71(74)65-62-59-56-53-50-47-44-30-27-24-21-18-15-12-9-6-3)79-73(76)67-64-61-58-55-52-49-46-42-32-29-26-23-20-17-14-11-8-5-2/h7,10,16,19,25,28,33-34,70H,4-6,8-9,11-15,17-18,20-24,26-27,29-32,35-69H2,1-3H3/b10-7-,19-16-,28-25-,34-33-. The lowest BCUT2D eigenvalue weighted by atomic mass is 10.0. The first kappa shape index (κ1) is 76.4. The van der Waals surface area contributed by atoms with E-state index in [1.54, 1.807) is 0 Å². The first-order valence-electron chi connectivity index (χ1n) is 35.1. The highest BCUT2D eigenvalue weighted by atomic mass is 16.6. The summed E-state index contributed by atoms with van der Waals surface area (Å²) in [5.41, 5.74) is 0. The van der Waals surface area contributed by atoms with Crippen molar-refractivity contribution in [3.8, 4) is 0 Å². The van der Waals surface area contributed by atoms with Gasteiger partial charge in [0.05, 0.1) is 0 Å². The van der Waals surface area contributed by atoms with E-state index < -0.39 is 6.10 Å². The van der Waals surface area contributed by atoms with Crippen molar-refractivity contribution in [3.05, 3.63) is 48.6 Å². The predicted octanol–water partition coefficient (Wildman–Crippen LogP) is 24.1. The van der Waals surface area contributed by atoms with Gasteiger partial charge >= 0.3 is 17.9 Å². The molecular formula is C73H134O6. The maximum Gasteiger partial charge on any atom is 0.306 e. The topological polar surface area (TPSA) is 78.9 Å². The number of esters is 3. The van der Waals surface area contributed by atoms with Gasteiger partial charge in [-0.15, -0.1) is 0 Å². The summed E-state index contributed by atoms with van der Waals surface area (Å²) < 4.78 is 17.0. The van der Waals surface area contributed by atoms with Crippen molar-refractivity contribution in [1.82, 2.24) is 0 Å². The van der Waals surface area contributed by atoms with Crippen LogP contribution in [-0.4, -0.2) is 37.2 Å². The Labute approximate surface area is 492 Å². The van der Waals surface area contributed by atoms with E-state index in [1.807, 2.05) is 0 Å². The van der Waals surface area contributed by atoms with E-state index >= 15 is 0 Å². The largest absolute Gasteiger partial charge is 0.462 e. The number of hydrogen-bond donors (Lipinski definition) is 0. The van der Waals surface area contributed by atoms with Gasteiger partial charge in [0, 0.05) is 19.3 Å². The molecule has 0 heterocycles. The minimum Gasteiger partial charge on any atom is -0.462 e. The van der Waals surface area contributed by atoms with E-state index in [0.29, 0.717) is 19.3 Å². The fourth-order valence-corrected chi connectivity index (χ4v) is 10.6. The monoisotopic (exact) mass is 1110 g/mol. The molecule has 0 aromatic rings. The molecule has 0 N–H and O–H groups in total. The van der Waals surface area contributed by atoms with E-state index in [1.165, 1.54) is 257 Å². The van der Waals surface area contributed by atoms with Crippen LogP contribution in [-0.2, 0) is 28.6 Å². The minimum atomic E-state index is -0.770. The molecule has 0 saturated carbocycles. The van der Waals surface area contributed by atoms with Gasteiger partial charge < -0.3 is 14.2 Å². The lowest BCUT2D eigenvalue weighted by Gasteiger charge is -2.18. The van der Waals surface area contributed by atoms with Crippen LogP contribution < -0.4 is 0 Å². The van der Waals surface area contributed by atoms with Gasteiger partial charge in [-0.05, 0) is 57.8 Å². The minimum absolute atomic E-state index is 0.0659. The summed E-state index contributed by atoms with van der Waals surface area (Å²) in [4.78, 5) is 38.4. The first-order valence-corrected chi connectivity index (χ1v) is 35.1. The van der Waals surface area contributed by atoms with Crippen LogP contribution in [0.2, 0.25) is 0 Å². The zero-order valence-electron chi connectivity index (χ0n) is 53.2. The summed E-state index contributed by atoms with van der Waals surface area (Å²) in [7, 11) is 0. The van der Waals surface area contributed by atoms with Crippen LogP contribution in [0.3, 0.4) is 0 Å². The van der Waals surface area contributed by atoms with Crippen molar-refractivity contribution in [2.75, 3.05) is 13.2 Å². The van der Waals surface area contributed by atoms with Crippen molar-refractivity contribution < 1.29 is 28.6 Å². The van der Waals surface area contributed by atoms with Crippen LogP contribution in [0.25, 0.3) is 0 Å². The lowest BCUT2D eigenvalue weighted by Crippen LogP contribution is -2.30. The second kappa shape index (κ2) is 67.9. The van der Waals surface area contributed by atoms with Crippen molar-refractivity contribution in [1.29, 1.82) is 0 Å². The van der Waals surface area contributed by atoms with E-state index in [-0.39, 0.29) is 31.1 Å². The van der Waals surface area contributed by atoms with Gasteiger partial charge in [-0.1, -0.05) is 352 Å². The molecule has 0 bridgehead atoms. The molecule has 0 aliphatic carbocycles. The van der Waals surface area contributed by atoms with Crippen LogP contribution in [0, 0.1) is 0 Å². The maximum absolute atomic E-state index is 12.9. The molecule has 1 atom stereocenters. The number of carbonyl (C=O) groups is 3. The van der Waals surface area contributed by atoms with Crippen LogP contribution in [0.5, 0.6) is 0 Å². The number of ether oxygens (including phenoxy) is 3. The Kier molecular flexibility index (Phi) is 65.6. The SMILES string of the molecule is CC/C=C\C/C=C\C/C=C\C/C=C\CCCCCCCCCCCCCCCCC(=O)OCC(COC(=O)CCCCCCCCCCCCCCCCCC)OC(=O)CCCCCCCCCCCCCCCCCCCC. The van der Waals surface area contributed by atoms with Gasteiger partial charge in [0.1, 0.15) is 13.2 Å². The van der Waals surface area contributed by atoms with E-state index in [0.717, 1.165) is 83.5 Å². The number of carbonyl (C=O) groups excluding carboxylic acids is 3. The number of unbranched alkanes of at least 4 members (excludes halogenated alkanes) is 46. The van der Waals surface area contributed by atoms with Gasteiger partial charge in [0.15, 0.2) is 6.10 Å². The van der Waals surface area contributed by atoms with Crippen LogP contribution in [0.4, 0.5) is 0 Å². The predicted molar refractivity (Wildman–Crippen MR) is 344 cm³/mol. The normalized spacial score (nSPS) is 12.3. The van der Waals surface area contributed by atoms with Crippen molar-refractivity contribution in [2.24, 2.45) is 0 Å². The summed E-state index contributed by atoms with van der Waals surface area (Å²) in [6.45, 7) is 6.61. The Bertz CT molecular complexity index is 1360. The Morgan fingerprint density at radius 3 is 0.772 bits per heavy atom. The molecule has 0 rings (SSSR count). The fourth-order valence-electron chi connectivity index (χ4n) is 10.6. The highest BCUT2D eigenvalue weighted by Crippen LogP contribution is 2.19. The fraction of sp³-hybridized carbons (Fsp3) is 0.849. The van der Waals surface area contributed by atoms with Gasteiger partial charge in [-0.25, -0.2) is 0 Å². The molecule has 0 amide bonds. The molecule has 0 aliphatic rings. The molecule has 6 heteroatoms. The smallest absolute Gasteiger partial charge is 0.306 e. The van der Waals surface area contributed by atoms with Gasteiger partial charge in [-0.2, -0.15) is 0 Å². The second-order valence-electron chi connectivity index (χ2n) is 23.8. The average molecular weight is 1110 g/mol. The molecule has 0 aromatic carbocycles. The lowest BCUT2D eigenvalue weighted by molar-refractivity contribution is -0.167. The van der Waals surface area contributed by atoms with Gasteiger partial charge in [-0.3, -0.25) is 14.4 Å². The summed E-state index contributed by atoms with van der Waals surface area (Å²) in [6.07, 6.45) is 85.6. The van der Waals surface area contributed by atoms with Crippen molar-refractivity contribution >= 4 is 17.9 Å². The Hall–Kier alpha value is -2.63. The van der Waals surface area contributed by atoms with Crippen LogP contribution >= 0.6 is 0 Å². The Morgan fingerprint density at radius 1 is 0.266 bits per heavy atom. The Morgan fingerprint density at radius 2 is 0.494 bits per heavy atom. The summed E-state index contributed by atoms with van der Waals surface area (Å²) in [6, 6.07) is 0. The third kappa shape index (κ3) is 66.1.